The maximum absolute atomic E-state index is 12.4. The highest BCUT2D eigenvalue weighted by atomic mass is 16.1. The number of hydrogen-bond donors (Lipinski definition) is 1. The van der Waals surface area contributed by atoms with Gasteiger partial charge < -0.3 is 4.98 Å². The minimum Gasteiger partial charge on any atom is -0.342 e. The summed E-state index contributed by atoms with van der Waals surface area (Å²) in [6.07, 6.45) is 5.47. The molecular formula is C20H20N2O. The summed E-state index contributed by atoms with van der Waals surface area (Å²) in [7, 11) is 0. The maximum atomic E-state index is 12.4. The van der Waals surface area contributed by atoms with E-state index in [-0.39, 0.29) is 11.7 Å². The monoisotopic (exact) mass is 304 g/mol. The molecule has 3 heteroatoms. The standard InChI is InChI=1S/C20H20N2O/c23-20(19-14-21-15-22-19)13-18(11-16-7-3-1-4-8-16)12-17-9-5-2-6-10-17/h1-10,14-15,18H,11-13H2,(H,21,22). The van der Waals surface area contributed by atoms with Crippen LogP contribution in [0.4, 0.5) is 0 Å². The number of carbonyl (C=O) groups excluding carboxylic acids is 1. The lowest BCUT2D eigenvalue weighted by atomic mass is 9.88. The summed E-state index contributed by atoms with van der Waals surface area (Å²) in [5.74, 6) is 0.398. The first-order valence-corrected chi connectivity index (χ1v) is 7.90. The van der Waals surface area contributed by atoms with Crippen LogP contribution in [0.1, 0.15) is 28.0 Å². The third-order valence-electron chi connectivity index (χ3n) is 4.01. The predicted octanol–water partition coefficient (Wildman–Crippen LogP) is 4.08. The highest BCUT2D eigenvalue weighted by Gasteiger charge is 2.17. The van der Waals surface area contributed by atoms with Crippen molar-refractivity contribution < 1.29 is 4.79 Å². The molecule has 3 nitrogen and oxygen atoms in total. The first kappa shape index (κ1) is 15.2. The van der Waals surface area contributed by atoms with E-state index in [0.29, 0.717) is 12.1 Å². The quantitative estimate of drug-likeness (QED) is 0.668. The van der Waals surface area contributed by atoms with E-state index in [9.17, 15) is 4.79 Å². The average Bonchev–Trinajstić information content (AvgIpc) is 3.11. The van der Waals surface area contributed by atoms with Gasteiger partial charge in [-0.25, -0.2) is 4.98 Å². The van der Waals surface area contributed by atoms with Crippen LogP contribution in [-0.4, -0.2) is 15.8 Å². The highest BCUT2D eigenvalue weighted by molar-refractivity contribution is 5.94. The van der Waals surface area contributed by atoms with Crippen LogP contribution in [-0.2, 0) is 12.8 Å². The molecule has 0 atom stereocenters. The van der Waals surface area contributed by atoms with Crippen molar-refractivity contribution in [2.24, 2.45) is 5.92 Å². The molecule has 0 aliphatic rings. The number of carbonyl (C=O) groups is 1. The number of nitrogens with one attached hydrogen (secondary N) is 1. The first-order valence-electron chi connectivity index (χ1n) is 7.90. The summed E-state index contributed by atoms with van der Waals surface area (Å²) in [5.41, 5.74) is 3.13. The number of aromatic nitrogens is 2. The topological polar surface area (TPSA) is 45.8 Å². The maximum Gasteiger partial charge on any atom is 0.180 e. The van der Waals surface area contributed by atoms with E-state index in [1.807, 2.05) is 36.4 Å². The van der Waals surface area contributed by atoms with E-state index in [0.717, 1.165) is 12.8 Å². The van der Waals surface area contributed by atoms with Gasteiger partial charge in [0, 0.05) is 6.42 Å². The number of aromatic amines is 1. The fraction of sp³-hybridized carbons (Fsp3) is 0.200. The number of Topliss-reactive ketones (excluding diaryl/α,β-unsaturated/α-hetero) is 1. The number of imidazole rings is 1. The molecule has 1 heterocycles. The van der Waals surface area contributed by atoms with Crippen molar-refractivity contribution in [3.63, 3.8) is 0 Å². The fourth-order valence-corrected chi connectivity index (χ4v) is 2.89. The Hall–Kier alpha value is -2.68. The van der Waals surface area contributed by atoms with Crippen LogP contribution in [0.3, 0.4) is 0 Å². The van der Waals surface area contributed by atoms with Gasteiger partial charge in [0.05, 0.1) is 12.5 Å². The Morgan fingerprint density at radius 3 is 1.96 bits per heavy atom. The molecular weight excluding hydrogens is 284 g/mol. The first-order chi connectivity index (χ1) is 11.3. The Labute approximate surface area is 136 Å². The van der Waals surface area contributed by atoms with E-state index in [1.54, 1.807) is 12.5 Å². The molecule has 0 amide bonds. The number of ketones is 1. The Bertz CT molecular complexity index is 679. The van der Waals surface area contributed by atoms with Crippen LogP contribution in [0, 0.1) is 5.92 Å². The SMILES string of the molecule is O=C(CC(Cc1ccccc1)Cc1ccccc1)c1cnc[nH]1. The molecule has 3 rings (SSSR count). The summed E-state index contributed by atoms with van der Waals surface area (Å²) in [4.78, 5) is 19.3. The van der Waals surface area contributed by atoms with E-state index in [4.69, 9.17) is 0 Å². The second kappa shape index (κ2) is 7.54. The Balaban J connectivity index is 1.74. The lowest BCUT2D eigenvalue weighted by Gasteiger charge is -2.16. The zero-order chi connectivity index (χ0) is 15.9. The lowest BCUT2D eigenvalue weighted by molar-refractivity contribution is 0.0956. The molecule has 0 fully saturated rings. The van der Waals surface area contributed by atoms with Crippen molar-refractivity contribution >= 4 is 5.78 Å². The van der Waals surface area contributed by atoms with Crippen LogP contribution in [0.5, 0.6) is 0 Å². The minimum absolute atomic E-state index is 0.124. The molecule has 3 aromatic rings. The number of rotatable bonds is 7. The molecule has 1 N–H and O–H groups in total. The van der Waals surface area contributed by atoms with Crippen LogP contribution in [0.15, 0.2) is 73.2 Å². The Kier molecular flexibility index (Phi) is 4.99. The van der Waals surface area contributed by atoms with Crippen LogP contribution in [0.2, 0.25) is 0 Å². The lowest BCUT2D eigenvalue weighted by Crippen LogP contribution is -2.14. The van der Waals surface area contributed by atoms with Crippen molar-refractivity contribution in [3.05, 3.63) is 90.0 Å². The highest BCUT2D eigenvalue weighted by Crippen LogP contribution is 2.20. The van der Waals surface area contributed by atoms with Gasteiger partial charge in [-0.3, -0.25) is 4.79 Å². The molecule has 0 spiro atoms. The van der Waals surface area contributed by atoms with Gasteiger partial charge in [-0.2, -0.15) is 0 Å². The Morgan fingerprint density at radius 1 is 0.913 bits per heavy atom. The van der Waals surface area contributed by atoms with Gasteiger partial charge in [0.1, 0.15) is 5.69 Å². The van der Waals surface area contributed by atoms with Crippen molar-refractivity contribution in [2.45, 2.75) is 19.3 Å². The second-order valence-corrected chi connectivity index (χ2v) is 5.84. The summed E-state index contributed by atoms with van der Waals surface area (Å²) in [5, 5.41) is 0. The fourth-order valence-electron chi connectivity index (χ4n) is 2.89. The summed E-state index contributed by atoms with van der Waals surface area (Å²) < 4.78 is 0. The van der Waals surface area contributed by atoms with Crippen LogP contribution < -0.4 is 0 Å². The average molecular weight is 304 g/mol. The normalized spacial score (nSPS) is 10.8. The molecule has 0 saturated heterocycles. The van der Waals surface area contributed by atoms with Crippen molar-refractivity contribution in [3.8, 4) is 0 Å². The zero-order valence-electron chi connectivity index (χ0n) is 13.0. The van der Waals surface area contributed by atoms with Crippen LogP contribution in [0.25, 0.3) is 0 Å². The van der Waals surface area contributed by atoms with E-state index < -0.39 is 0 Å². The summed E-state index contributed by atoms with van der Waals surface area (Å²) in [6, 6.07) is 20.7. The van der Waals surface area contributed by atoms with E-state index >= 15 is 0 Å². The molecule has 0 saturated carbocycles. The van der Waals surface area contributed by atoms with Crippen molar-refractivity contribution in [1.82, 2.24) is 9.97 Å². The molecule has 1 aromatic heterocycles. The number of benzene rings is 2. The zero-order valence-corrected chi connectivity index (χ0v) is 13.0. The van der Waals surface area contributed by atoms with Crippen molar-refractivity contribution in [1.29, 1.82) is 0 Å². The van der Waals surface area contributed by atoms with Gasteiger partial charge in [-0.05, 0) is 29.9 Å². The Morgan fingerprint density at radius 2 is 1.48 bits per heavy atom. The molecule has 23 heavy (non-hydrogen) atoms. The molecule has 0 bridgehead atoms. The van der Waals surface area contributed by atoms with Gasteiger partial charge in [0.25, 0.3) is 0 Å². The largest absolute Gasteiger partial charge is 0.342 e. The molecule has 116 valence electrons. The molecule has 0 unspecified atom stereocenters. The van der Waals surface area contributed by atoms with E-state index in [1.165, 1.54) is 11.1 Å². The van der Waals surface area contributed by atoms with Crippen LogP contribution >= 0.6 is 0 Å². The smallest absolute Gasteiger partial charge is 0.180 e. The molecule has 0 radical (unpaired) electrons. The van der Waals surface area contributed by atoms with Crippen molar-refractivity contribution in [2.75, 3.05) is 0 Å². The number of H-pyrrole nitrogens is 1. The molecule has 0 aliphatic heterocycles. The van der Waals surface area contributed by atoms with Gasteiger partial charge in [0.15, 0.2) is 5.78 Å². The molecule has 2 aromatic carbocycles. The van der Waals surface area contributed by atoms with E-state index in [2.05, 4.69) is 34.2 Å². The van der Waals surface area contributed by atoms with Gasteiger partial charge in [-0.1, -0.05) is 60.7 Å². The molecule has 0 aliphatic carbocycles. The second-order valence-electron chi connectivity index (χ2n) is 5.84. The van der Waals surface area contributed by atoms with Gasteiger partial charge in [0.2, 0.25) is 0 Å². The summed E-state index contributed by atoms with van der Waals surface area (Å²) in [6.45, 7) is 0. The third-order valence-corrected chi connectivity index (χ3v) is 4.01. The predicted molar refractivity (Wildman–Crippen MR) is 91.3 cm³/mol. The van der Waals surface area contributed by atoms with Gasteiger partial charge >= 0.3 is 0 Å². The summed E-state index contributed by atoms with van der Waals surface area (Å²) >= 11 is 0. The number of nitrogens with zero attached hydrogens (tertiary/aromatic N) is 1. The minimum atomic E-state index is 0.124. The number of hydrogen-bond acceptors (Lipinski definition) is 2. The van der Waals surface area contributed by atoms with Gasteiger partial charge in [-0.15, -0.1) is 0 Å². The third kappa shape index (κ3) is 4.39.